The number of nitrogens with one attached hydrogen (secondary N) is 1. The van der Waals surface area contributed by atoms with Gasteiger partial charge in [-0.25, -0.2) is 8.42 Å². The van der Waals surface area contributed by atoms with Crippen molar-refractivity contribution in [2.75, 3.05) is 10.6 Å². The zero-order valence-corrected chi connectivity index (χ0v) is 18.1. The van der Waals surface area contributed by atoms with Gasteiger partial charge < -0.3 is 10.1 Å². The van der Waals surface area contributed by atoms with Crippen LogP contribution in [0.1, 0.15) is 45.2 Å². The number of hydrogen-bond acceptors (Lipinski definition) is 4. The number of carbonyl (C=O) groups is 1. The second-order valence-electron chi connectivity index (χ2n) is 7.98. The number of sulfonamides is 1. The molecular formula is C22H28N2O4S. The van der Waals surface area contributed by atoms with Crippen LogP contribution in [0.3, 0.4) is 0 Å². The molecule has 1 N–H and O–H groups in total. The lowest BCUT2D eigenvalue weighted by Gasteiger charge is -2.39. The molecule has 7 heteroatoms. The first-order valence-electron chi connectivity index (χ1n) is 9.75. The fourth-order valence-corrected chi connectivity index (χ4v) is 5.05. The Morgan fingerprint density at radius 1 is 1.17 bits per heavy atom. The molecule has 1 heterocycles. The van der Waals surface area contributed by atoms with Gasteiger partial charge in [0.25, 0.3) is 0 Å². The van der Waals surface area contributed by atoms with E-state index in [2.05, 4.69) is 5.32 Å². The minimum Gasteiger partial charge on any atom is -0.487 e. The first kappa shape index (κ1) is 21.2. The van der Waals surface area contributed by atoms with Gasteiger partial charge in [-0.3, -0.25) is 9.10 Å². The summed E-state index contributed by atoms with van der Waals surface area (Å²) < 4.78 is 32.4. The van der Waals surface area contributed by atoms with E-state index < -0.39 is 21.7 Å². The first-order valence-corrected chi connectivity index (χ1v) is 11.6. The van der Waals surface area contributed by atoms with Crippen LogP contribution in [0.5, 0.6) is 5.75 Å². The number of anilines is 1. The third-order valence-electron chi connectivity index (χ3n) is 5.03. The van der Waals surface area contributed by atoms with Crippen molar-refractivity contribution in [1.82, 2.24) is 5.32 Å². The third kappa shape index (κ3) is 4.72. The van der Waals surface area contributed by atoms with E-state index in [1.165, 1.54) is 4.31 Å². The summed E-state index contributed by atoms with van der Waals surface area (Å²) in [5, 5.41) is 3.08. The maximum absolute atomic E-state index is 13.3. The lowest BCUT2D eigenvalue weighted by atomic mass is 9.89. The molecule has 6 nitrogen and oxygen atoms in total. The molecule has 0 spiro atoms. The molecule has 2 atom stereocenters. The summed E-state index contributed by atoms with van der Waals surface area (Å²) >= 11 is 0. The Morgan fingerprint density at radius 3 is 2.41 bits per heavy atom. The second-order valence-corrected chi connectivity index (χ2v) is 9.84. The van der Waals surface area contributed by atoms with Crippen molar-refractivity contribution >= 4 is 21.6 Å². The zero-order valence-electron chi connectivity index (χ0n) is 17.3. The van der Waals surface area contributed by atoms with Crippen LogP contribution in [-0.2, 0) is 14.8 Å². The Hall–Kier alpha value is -2.54. The minimum atomic E-state index is -3.65. The zero-order chi connectivity index (χ0) is 21.2. The third-order valence-corrected chi connectivity index (χ3v) is 6.21. The molecule has 2 aromatic rings. The molecular weight excluding hydrogens is 388 g/mol. The first-order chi connectivity index (χ1) is 13.6. The van der Waals surface area contributed by atoms with Gasteiger partial charge in [0.05, 0.1) is 18.0 Å². The molecule has 1 amide bonds. The topological polar surface area (TPSA) is 75.7 Å². The Labute approximate surface area is 172 Å². The van der Waals surface area contributed by atoms with Gasteiger partial charge in [-0.05, 0) is 38.5 Å². The van der Waals surface area contributed by atoms with Gasteiger partial charge in [0.15, 0.2) is 0 Å². The predicted octanol–water partition coefficient (Wildman–Crippen LogP) is 3.65. The van der Waals surface area contributed by atoms with Crippen LogP contribution >= 0.6 is 0 Å². The summed E-state index contributed by atoms with van der Waals surface area (Å²) in [6, 6.07) is 15.3. The molecule has 0 radical (unpaired) electrons. The highest BCUT2D eigenvalue weighted by Gasteiger charge is 2.37. The number of ether oxygens (including phenoxy) is 1. The molecule has 0 aliphatic carbocycles. The van der Waals surface area contributed by atoms with E-state index >= 15 is 0 Å². The fourth-order valence-electron chi connectivity index (χ4n) is 3.83. The van der Waals surface area contributed by atoms with Crippen LogP contribution in [0.4, 0.5) is 5.69 Å². The van der Waals surface area contributed by atoms with Crippen LogP contribution in [0.25, 0.3) is 0 Å². The SMILES string of the molecule is CC[C@H](C(=O)N[C@H]1CC(C)(C)Oc2ccccc21)N(c1ccccc1)S(C)(=O)=O. The highest BCUT2D eigenvalue weighted by Crippen LogP contribution is 2.39. The molecule has 0 saturated carbocycles. The highest BCUT2D eigenvalue weighted by molar-refractivity contribution is 7.92. The number of carbonyl (C=O) groups excluding carboxylic acids is 1. The fraction of sp³-hybridized carbons (Fsp3) is 0.409. The minimum absolute atomic E-state index is 0.256. The number of para-hydroxylation sites is 2. The van der Waals surface area contributed by atoms with E-state index in [9.17, 15) is 13.2 Å². The lowest BCUT2D eigenvalue weighted by molar-refractivity contribution is -0.123. The Morgan fingerprint density at radius 2 is 1.79 bits per heavy atom. The summed E-state index contributed by atoms with van der Waals surface area (Å²) in [5.74, 6) is 0.421. The molecule has 1 aliphatic heterocycles. The van der Waals surface area contributed by atoms with Gasteiger partial charge in [-0.15, -0.1) is 0 Å². The molecule has 3 rings (SSSR count). The summed E-state index contributed by atoms with van der Waals surface area (Å²) in [6.07, 6.45) is 2.07. The number of fused-ring (bicyclic) bond motifs is 1. The van der Waals surface area contributed by atoms with Crippen LogP contribution in [0, 0.1) is 0 Å². The number of benzene rings is 2. The van der Waals surface area contributed by atoms with Gasteiger partial charge in [-0.2, -0.15) is 0 Å². The average molecular weight is 417 g/mol. The molecule has 0 aromatic heterocycles. The standard InChI is InChI=1S/C22H28N2O4S/c1-5-19(24(29(4,26)27)16-11-7-6-8-12-16)21(25)23-18-15-22(2,3)28-20-14-10-9-13-17(18)20/h6-14,18-19H,5,15H2,1-4H3,(H,23,25)/t18-,19+/m0/s1. The highest BCUT2D eigenvalue weighted by atomic mass is 32.2. The summed E-state index contributed by atoms with van der Waals surface area (Å²) in [6.45, 7) is 5.77. The maximum Gasteiger partial charge on any atom is 0.244 e. The van der Waals surface area contributed by atoms with E-state index in [1.54, 1.807) is 24.3 Å². The molecule has 156 valence electrons. The number of rotatable bonds is 6. The van der Waals surface area contributed by atoms with Crippen molar-refractivity contribution in [3.05, 3.63) is 60.2 Å². The van der Waals surface area contributed by atoms with Crippen molar-refractivity contribution in [2.45, 2.75) is 51.3 Å². The van der Waals surface area contributed by atoms with Gasteiger partial charge in [-0.1, -0.05) is 43.3 Å². The molecule has 29 heavy (non-hydrogen) atoms. The Kier molecular flexibility index (Phi) is 5.89. The predicted molar refractivity (Wildman–Crippen MR) is 114 cm³/mol. The van der Waals surface area contributed by atoms with E-state index in [0.717, 1.165) is 17.6 Å². The van der Waals surface area contributed by atoms with Crippen LogP contribution in [-0.4, -0.2) is 32.2 Å². The maximum atomic E-state index is 13.3. The molecule has 0 bridgehead atoms. The normalized spacial score (nSPS) is 18.8. The van der Waals surface area contributed by atoms with Crippen LogP contribution in [0.15, 0.2) is 54.6 Å². The number of amides is 1. The number of hydrogen-bond donors (Lipinski definition) is 1. The van der Waals surface area contributed by atoms with Gasteiger partial charge in [0.2, 0.25) is 15.9 Å². The van der Waals surface area contributed by atoms with E-state index in [-0.39, 0.29) is 11.9 Å². The molecule has 1 aliphatic rings. The van der Waals surface area contributed by atoms with Crippen molar-refractivity contribution in [2.24, 2.45) is 0 Å². The average Bonchev–Trinajstić information content (AvgIpc) is 2.64. The van der Waals surface area contributed by atoms with Crippen molar-refractivity contribution in [3.63, 3.8) is 0 Å². The quantitative estimate of drug-likeness (QED) is 0.780. The summed E-state index contributed by atoms with van der Waals surface area (Å²) in [5.41, 5.74) is 0.939. The van der Waals surface area contributed by atoms with Gasteiger partial charge in [0, 0.05) is 12.0 Å². The Bertz CT molecular complexity index is 973. The number of nitrogens with zero attached hydrogens (tertiary/aromatic N) is 1. The van der Waals surface area contributed by atoms with Crippen molar-refractivity contribution in [1.29, 1.82) is 0 Å². The Balaban J connectivity index is 1.92. The summed E-state index contributed by atoms with van der Waals surface area (Å²) in [7, 11) is -3.65. The van der Waals surface area contributed by atoms with Gasteiger partial charge >= 0.3 is 0 Å². The van der Waals surface area contributed by atoms with Crippen molar-refractivity contribution < 1.29 is 17.9 Å². The van der Waals surface area contributed by atoms with Crippen molar-refractivity contribution in [3.8, 4) is 5.75 Å². The molecule has 0 fully saturated rings. The van der Waals surface area contributed by atoms with E-state index in [0.29, 0.717) is 18.5 Å². The van der Waals surface area contributed by atoms with E-state index in [1.807, 2.05) is 51.1 Å². The molecule has 2 aromatic carbocycles. The van der Waals surface area contributed by atoms with Crippen LogP contribution < -0.4 is 14.4 Å². The molecule has 0 saturated heterocycles. The summed E-state index contributed by atoms with van der Waals surface area (Å²) in [4.78, 5) is 13.3. The van der Waals surface area contributed by atoms with E-state index in [4.69, 9.17) is 4.74 Å². The largest absolute Gasteiger partial charge is 0.487 e. The molecule has 0 unspecified atom stereocenters. The monoisotopic (exact) mass is 416 g/mol. The van der Waals surface area contributed by atoms with Gasteiger partial charge in [0.1, 0.15) is 17.4 Å². The lowest BCUT2D eigenvalue weighted by Crippen LogP contribution is -2.51. The smallest absolute Gasteiger partial charge is 0.244 e. The second kappa shape index (κ2) is 8.06. The van der Waals surface area contributed by atoms with Crippen LogP contribution in [0.2, 0.25) is 0 Å².